The number of hydrogen-bond donors (Lipinski definition) is 4. The fourth-order valence-corrected chi connectivity index (χ4v) is 4.77. The number of anilines is 2. The molecule has 3 aromatic carbocycles. The molecule has 0 atom stereocenters. The molecule has 8 nitrogen and oxygen atoms in total. The van der Waals surface area contributed by atoms with Gasteiger partial charge in [-0.15, -0.1) is 0 Å². The van der Waals surface area contributed by atoms with Crippen LogP contribution in [0.3, 0.4) is 0 Å². The van der Waals surface area contributed by atoms with E-state index in [1.54, 1.807) is 36.4 Å². The van der Waals surface area contributed by atoms with Gasteiger partial charge in [-0.1, -0.05) is 42.5 Å². The van der Waals surface area contributed by atoms with E-state index in [1.165, 1.54) is 18.2 Å². The standard InChI is InChI=1S/C16H13NO7S2/c18-14-13(17-10-6-2-1-3-7-10)11-8-4-5-9-12(11)15(25(19,20)21)16(14)26(22,23)24/h1-9,17-18H,(H,19,20,21)(H,22,23,24). The molecule has 0 aromatic heterocycles. The first-order valence-corrected chi connectivity index (χ1v) is 10.0. The first-order valence-electron chi connectivity index (χ1n) is 7.15. The lowest BCUT2D eigenvalue weighted by atomic mass is 10.1. The van der Waals surface area contributed by atoms with Crippen LogP contribution in [0.25, 0.3) is 10.8 Å². The van der Waals surface area contributed by atoms with Crippen molar-refractivity contribution in [2.75, 3.05) is 5.32 Å². The minimum Gasteiger partial charge on any atom is -0.504 e. The molecule has 3 aromatic rings. The molecule has 0 aliphatic carbocycles. The summed E-state index contributed by atoms with van der Waals surface area (Å²) in [6.07, 6.45) is 0. The van der Waals surface area contributed by atoms with Crippen molar-refractivity contribution < 1.29 is 31.0 Å². The predicted octanol–water partition coefficient (Wildman–Crippen LogP) is 2.78. The summed E-state index contributed by atoms with van der Waals surface area (Å²) in [6, 6.07) is 14.1. The van der Waals surface area contributed by atoms with Gasteiger partial charge in [0.1, 0.15) is 4.90 Å². The summed E-state index contributed by atoms with van der Waals surface area (Å²) < 4.78 is 66.1. The van der Waals surface area contributed by atoms with Gasteiger partial charge in [-0.2, -0.15) is 16.8 Å². The molecule has 0 heterocycles. The minimum absolute atomic E-state index is 0.133. The molecule has 0 bridgehead atoms. The third-order valence-corrected chi connectivity index (χ3v) is 5.64. The van der Waals surface area contributed by atoms with Crippen molar-refractivity contribution in [3.8, 4) is 5.75 Å². The number of para-hydroxylation sites is 1. The zero-order valence-electron chi connectivity index (χ0n) is 13.0. The Balaban J connectivity index is 2.50. The van der Waals surface area contributed by atoms with Gasteiger partial charge in [-0.3, -0.25) is 9.11 Å². The molecule has 26 heavy (non-hydrogen) atoms. The monoisotopic (exact) mass is 395 g/mol. The van der Waals surface area contributed by atoms with Crippen molar-refractivity contribution in [2.45, 2.75) is 9.79 Å². The number of phenols is 1. The van der Waals surface area contributed by atoms with Crippen molar-refractivity contribution in [3.05, 3.63) is 54.6 Å². The molecular weight excluding hydrogens is 382 g/mol. The van der Waals surface area contributed by atoms with Gasteiger partial charge in [0, 0.05) is 16.5 Å². The van der Waals surface area contributed by atoms with Gasteiger partial charge in [-0.25, -0.2) is 0 Å². The molecule has 0 amide bonds. The Bertz CT molecular complexity index is 1200. The van der Waals surface area contributed by atoms with Crippen LogP contribution in [0.5, 0.6) is 5.75 Å². The van der Waals surface area contributed by atoms with Crippen molar-refractivity contribution >= 4 is 42.4 Å². The van der Waals surface area contributed by atoms with Crippen molar-refractivity contribution in [1.29, 1.82) is 0 Å². The summed E-state index contributed by atoms with van der Waals surface area (Å²) >= 11 is 0. The maximum Gasteiger partial charge on any atom is 0.299 e. The third kappa shape index (κ3) is 3.22. The largest absolute Gasteiger partial charge is 0.504 e. The molecule has 4 N–H and O–H groups in total. The van der Waals surface area contributed by atoms with Crippen LogP contribution < -0.4 is 5.32 Å². The van der Waals surface area contributed by atoms with E-state index in [-0.39, 0.29) is 16.5 Å². The van der Waals surface area contributed by atoms with Crippen LogP contribution in [0.15, 0.2) is 64.4 Å². The van der Waals surface area contributed by atoms with E-state index in [4.69, 9.17) is 0 Å². The Labute approximate surface area is 149 Å². The maximum atomic E-state index is 11.8. The maximum absolute atomic E-state index is 11.8. The number of phenolic OH excluding ortho intramolecular Hbond substituents is 1. The van der Waals surface area contributed by atoms with Crippen LogP contribution in [-0.2, 0) is 20.2 Å². The fourth-order valence-electron chi connectivity index (χ4n) is 2.66. The average molecular weight is 395 g/mol. The summed E-state index contributed by atoms with van der Waals surface area (Å²) in [7, 11) is -10.3. The van der Waals surface area contributed by atoms with Gasteiger partial charge < -0.3 is 10.4 Å². The van der Waals surface area contributed by atoms with Crippen LogP contribution in [-0.4, -0.2) is 31.0 Å². The van der Waals surface area contributed by atoms with E-state index in [0.29, 0.717) is 5.69 Å². The van der Waals surface area contributed by atoms with Gasteiger partial charge in [0.05, 0.1) is 5.69 Å². The first kappa shape index (κ1) is 18.1. The number of aromatic hydroxyl groups is 1. The highest BCUT2D eigenvalue weighted by Crippen LogP contribution is 2.44. The van der Waals surface area contributed by atoms with E-state index in [0.717, 1.165) is 0 Å². The van der Waals surface area contributed by atoms with Crippen LogP contribution in [0.4, 0.5) is 11.4 Å². The lowest BCUT2D eigenvalue weighted by molar-refractivity contribution is 0.434. The number of hydrogen-bond acceptors (Lipinski definition) is 6. The summed E-state index contributed by atoms with van der Waals surface area (Å²) in [5.41, 5.74) is 0.348. The quantitative estimate of drug-likeness (QED) is 0.390. The van der Waals surface area contributed by atoms with Crippen LogP contribution in [0, 0.1) is 0 Å². The highest BCUT2D eigenvalue weighted by Gasteiger charge is 2.33. The molecule has 0 radical (unpaired) electrons. The van der Waals surface area contributed by atoms with E-state index in [9.17, 15) is 31.0 Å². The topological polar surface area (TPSA) is 141 Å². The molecule has 0 fully saturated rings. The minimum atomic E-state index is -5.18. The Kier molecular flexibility index (Phi) is 4.36. The van der Waals surface area contributed by atoms with Crippen LogP contribution >= 0.6 is 0 Å². The summed E-state index contributed by atoms with van der Waals surface area (Å²) in [6.45, 7) is 0. The Morgan fingerprint density at radius 3 is 1.73 bits per heavy atom. The lowest BCUT2D eigenvalue weighted by Crippen LogP contribution is -2.11. The normalized spacial score (nSPS) is 12.2. The SMILES string of the molecule is O=S(=O)(O)c1c(O)c(Nc2ccccc2)c2ccccc2c1S(=O)(=O)O. The summed E-state index contributed by atoms with van der Waals surface area (Å²) in [5.74, 6) is -1.03. The van der Waals surface area contributed by atoms with Gasteiger partial charge in [0.25, 0.3) is 20.2 Å². The smallest absolute Gasteiger partial charge is 0.299 e. The molecule has 3 rings (SSSR count). The second-order valence-electron chi connectivity index (χ2n) is 5.37. The molecule has 0 unspecified atom stereocenters. The second kappa shape index (κ2) is 6.25. The predicted molar refractivity (Wildman–Crippen MR) is 95.0 cm³/mol. The molecule has 0 spiro atoms. The van der Waals surface area contributed by atoms with E-state index in [1.807, 2.05) is 0 Å². The number of nitrogens with one attached hydrogen (secondary N) is 1. The molecule has 0 aliphatic heterocycles. The average Bonchev–Trinajstić information content (AvgIpc) is 2.55. The zero-order valence-corrected chi connectivity index (χ0v) is 14.6. The highest BCUT2D eigenvalue weighted by molar-refractivity contribution is 7.89. The Morgan fingerprint density at radius 2 is 1.19 bits per heavy atom. The molecule has 0 saturated heterocycles. The van der Waals surface area contributed by atoms with Crippen molar-refractivity contribution in [1.82, 2.24) is 0 Å². The molecule has 10 heteroatoms. The van der Waals surface area contributed by atoms with Gasteiger partial charge in [0.15, 0.2) is 10.6 Å². The van der Waals surface area contributed by atoms with Crippen LogP contribution in [0.2, 0.25) is 0 Å². The molecule has 136 valence electrons. The zero-order chi connectivity index (χ0) is 19.1. The molecule has 0 saturated carbocycles. The third-order valence-electron chi connectivity index (χ3n) is 3.66. The number of rotatable bonds is 4. The first-order chi connectivity index (χ1) is 12.1. The summed E-state index contributed by atoms with van der Waals surface area (Å²) in [5, 5.41) is 13.2. The van der Waals surface area contributed by atoms with E-state index < -0.39 is 35.8 Å². The Morgan fingerprint density at radius 1 is 0.692 bits per heavy atom. The highest BCUT2D eigenvalue weighted by atomic mass is 32.2. The van der Waals surface area contributed by atoms with Gasteiger partial charge in [-0.05, 0) is 12.1 Å². The van der Waals surface area contributed by atoms with Gasteiger partial charge >= 0.3 is 0 Å². The van der Waals surface area contributed by atoms with E-state index in [2.05, 4.69) is 5.32 Å². The van der Waals surface area contributed by atoms with E-state index >= 15 is 0 Å². The van der Waals surface area contributed by atoms with Crippen LogP contribution in [0.1, 0.15) is 0 Å². The van der Waals surface area contributed by atoms with Crippen molar-refractivity contribution in [2.24, 2.45) is 0 Å². The fraction of sp³-hybridized carbons (Fsp3) is 0. The number of benzene rings is 3. The second-order valence-corrected chi connectivity index (χ2v) is 8.09. The molecular formula is C16H13NO7S2. The number of fused-ring (bicyclic) bond motifs is 1. The van der Waals surface area contributed by atoms with Crippen molar-refractivity contribution in [3.63, 3.8) is 0 Å². The van der Waals surface area contributed by atoms with Gasteiger partial charge in [0.2, 0.25) is 0 Å². The summed E-state index contributed by atoms with van der Waals surface area (Å²) in [4.78, 5) is -2.39. The lowest BCUT2D eigenvalue weighted by Gasteiger charge is -2.17. The molecule has 0 aliphatic rings. The Hall–Kier alpha value is -2.66.